The van der Waals surface area contributed by atoms with E-state index in [2.05, 4.69) is 17.1 Å². The van der Waals surface area contributed by atoms with Gasteiger partial charge in [0.25, 0.3) is 0 Å². The lowest BCUT2D eigenvalue weighted by Crippen LogP contribution is -2.28. The first-order chi connectivity index (χ1) is 8.75. The number of aromatic nitrogens is 1. The third-order valence-corrected chi connectivity index (χ3v) is 3.65. The Hall–Kier alpha value is -1.90. The summed E-state index contributed by atoms with van der Waals surface area (Å²) < 4.78 is 0. The summed E-state index contributed by atoms with van der Waals surface area (Å²) >= 11 is 0. The molecule has 0 spiro atoms. The number of pyridine rings is 1. The molecule has 1 amide bonds. The van der Waals surface area contributed by atoms with Gasteiger partial charge < -0.3 is 4.90 Å². The van der Waals surface area contributed by atoms with Crippen LogP contribution in [0.25, 0.3) is 10.9 Å². The first kappa shape index (κ1) is 11.2. The van der Waals surface area contributed by atoms with E-state index in [-0.39, 0.29) is 11.9 Å². The number of hydrogen-bond donors (Lipinski definition) is 0. The first-order valence-electron chi connectivity index (χ1n) is 6.37. The number of para-hydroxylation sites is 1. The van der Waals surface area contributed by atoms with E-state index in [9.17, 15) is 4.79 Å². The fourth-order valence-corrected chi connectivity index (χ4v) is 2.76. The molecule has 3 heteroatoms. The molecule has 1 aromatic heterocycles. The highest BCUT2D eigenvalue weighted by molar-refractivity contribution is 5.79. The fourth-order valence-electron chi connectivity index (χ4n) is 2.76. The Bertz CT molecular complexity index is 594. The Morgan fingerprint density at radius 2 is 2.22 bits per heavy atom. The average molecular weight is 240 g/mol. The van der Waals surface area contributed by atoms with Crippen LogP contribution in [0.3, 0.4) is 0 Å². The molecule has 0 unspecified atom stereocenters. The van der Waals surface area contributed by atoms with Crippen molar-refractivity contribution in [3.63, 3.8) is 0 Å². The molecule has 1 atom stereocenters. The lowest BCUT2D eigenvalue weighted by atomic mass is 10.0. The number of rotatable bonds is 1. The van der Waals surface area contributed by atoms with E-state index in [1.165, 1.54) is 0 Å². The molecular weight excluding hydrogens is 224 g/mol. The number of hydrogen-bond acceptors (Lipinski definition) is 2. The van der Waals surface area contributed by atoms with Crippen LogP contribution in [0.5, 0.6) is 0 Å². The average Bonchev–Trinajstić information content (AvgIpc) is 2.87. The zero-order chi connectivity index (χ0) is 12.5. The van der Waals surface area contributed by atoms with Gasteiger partial charge in [-0.05, 0) is 30.5 Å². The zero-order valence-electron chi connectivity index (χ0n) is 10.5. The van der Waals surface area contributed by atoms with Gasteiger partial charge in [-0.2, -0.15) is 0 Å². The maximum absolute atomic E-state index is 11.6. The molecule has 1 fully saturated rings. The van der Waals surface area contributed by atoms with E-state index >= 15 is 0 Å². The van der Waals surface area contributed by atoms with Crippen LogP contribution in [-0.2, 0) is 4.79 Å². The zero-order valence-corrected chi connectivity index (χ0v) is 10.5. The van der Waals surface area contributed by atoms with E-state index in [1.807, 2.05) is 29.3 Å². The molecule has 2 heterocycles. The van der Waals surface area contributed by atoms with Gasteiger partial charge in [-0.15, -0.1) is 0 Å². The SMILES string of the molecule is CC(=O)N1CCC[C@@H]1c1cnc2ccccc2c1. The Morgan fingerprint density at radius 3 is 3.06 bits per heavy atom. The van der Waals surface area contributed by atoms with Crippen molar-refractivity contribution in [2.75, 3.05) is 6.54 Å². The molecule has 1 aliphatic rings. The van der Waals surface area contributed by atoms with Crippen molar-refractivity contribution in [1.29, 1.82) is 0 Å². The molecule has 18 heavy (non-hydrogen) atoms. The number of benzene rings is 1. The predicted octanol–water partition coefficient (Wildman–Crippen LogP) is 2.92. The van der Waals surface area contributed by atoms with Gasteiger partial charge in [0.1, 0.15) is 0 Å². The van der Waals surface area contributed by atoms with Crippen LogP contribution >= 0.6 is 0 Å². The lowest BCUT2D eigenvalue weighted by Gasteiger charge is -2.23. The Morgan fingerprint density at radius 1 is 1.39 bits per heavy atom. The number of carbonyl (C=O) groups is 1. The van der Waals surface area contributed by atoms with E-state index in [0.29, 0.717) is 0 Å². The molecule has 0 bridgehead atoms. The molecule has 0 N–H and O–H groups in total. The minimum absolute atomic E-state index is 0.158. The highest BCUT2D eigenvalue weighted by Gasteiger charge is 2.27. The summed E-state index contributed by atoms with van der Waals surface area (Å²) in [5.74, 6) is 0.158. The maximum atomic E-state index is 11.6. The summed E-state index contributed by atoms with van der Waals surface area (Å²) in [6.45, 7) is 2.51. The summed E-state index contributed by atoms with van der Waals surface area (Å²) in [7, 11) is 0. The first-order valence-corrected chi connectivity index (χ1v) is 6.37. The van der Waals surface area contributed by atoms with Crippen LogP contribution in [0.1, 0.15) is 31.4 Å². The molecule has 1 aliphatic heterocycles. The standard InChI is InChI=1S/C15H16N2O/c1-11(18)17-8-4-7-15(17)13-9-12-5-2-3-6-14(12)16-10-13/h2-3,5-6,9-10,15H,4,7-8H2,1H3/t15-/m1/s1. The van der Waals surface area contributed by atoms with Crippen LogP contribution in [-0.4, -0.2) is 22.3 Å². The van der Waals surface area contributed by atoms with Crippen LogP contribution < -0.4 is 0 Å². The monoisotopic (exact) mass is 240 g/mol. The van der Waals surface area contributed by atoms with Gasteiger partial charge in [0.15, 0.2) is 0 Å². The number of likely N-dealkylation sites (tertiary alicyclic amines) is 1. The van der Waals surface area contributed by atoms with E-state index in [4.69, 9.17) is 0 Å². The maximum Gasteiger partial charge on any atom is 0.219 e. The summed E-state index contributed by atoms with van der Waals surface area (Å²) in [5, 5.41) is 1.14. The molecule has 0 aliphatic carbocycles. The number of nitrogens with zero attached hydrogens (tertiary/aromatic N) is 2. The normalized spacial score (nSPS) is 19.4. The number of amides is 1. The summed E-state index contributed by atoms with van der Waals surface area (Å²) in [6.07, 6.45) is 4.03. The second-order valence-corrected chi connectivity index (χ2v) is 4.83. The molecule has 0 radical (unpaired) electrons. The molecular formula is C15H16N2O. The number of carbonyl (C=O) groups excluding carboxylic acids is 1. The Balaban J connectivity index is 2.01. The molecule has 92 valence electrons. The van der Waals surface area contributed by atoms with Crippen molar-refractivity contribution in [1.82, 2.24) is 9.88 Å². The largest absolute Gasteiger partial charge is 0.336 e. The minimum Gasteiger partial charge on any atom is -0.336 e. The van der Waals surface area contributed by atoms with E-state index < -0.39 is 0 Å². The van der Waals surface area contributed by atoms with Crippen molar-refractivity contribution in [3.8, 4) is 0 Å². The molecule has 3 nitrogen and oxygen atoms in total. The Labute approximate surface area is 106 Å². The van der Waals surface area contributed by atoms with E-state index in [1.54, 1.807) is 6.92 Å². The second kappa shape index (κ2) is 4.41. The highest BCUT2D eigenvalue weighted by atomic mass is 16.2. The van der Waals surface area contributed by atoms with Crippen LogP contribution in [0.15, 0.2) is 36.5 Å². The van der Waals surface area contributed by atoms with Crippen molar-refractivity contribution >= 4 is 16.8 Å². The van der Waals surface area contributed by atoms with Crippen LogP contribution in [0.2, 0.25) is 0 Å². The molecule has 0 saturated carbocycles. The van der Waals surface area contributed by atoms with Gasteiger partial charge in [0, 0.05) is 25.1 Å². The molecule has 1 saturated heterocycles. The molecule has 2 aromatic rings. The van der Waals surface area contributed by atoms with Gasteiger partial charge in [-0.25, -0.2) is 0 Å². The Kier molecular flexibility index (Phi) is 2.74. The quantitative estimate of drug-likeness (QED) is 0.768. The van der Waals surface area contributed by atoms with Crippen molar-refractivity contribution < 1.29 is 4.79 Å². The number of fused-ring (bicyclic) bond motifs is 1. The van der Waals surface area contributed by atoms with Crippen LogP contribution in [0.4, 0.5) is 0 Å². The van der Waals surface area contributed by atoms with E-state index in [0.717, 1.165) is 35.9 Å². The van der Waals surface area contributed by atoms with Gasteiger partial charge in [-0.3, -0.25) is 9.78 Å². The van der Waals surface area contributed by atoms with Gasteiger partial charge >= 0.3 is 0 Å². The van der Waals surface area contributed by atoms with Crippen molar-refractivity contribution in [2.45, 2.75) is 25.8 Å². The highest BCUT2D eigenvalue weighted by Crippen LogP contribution is 2.32. The summed E-state index contributed by atoms with van der Waals surface area (Å²) in [5.41, 5.74) is 2.16. The molecule has 3 rings (SSSR count). The second-order valence-electron chi connectivity index (χ2n) is 4.83. The van der Waals surface area contributed by atoms with Gasteiger partial charge in [-0.1, -0.05) is 18.2 Å². The predicted molar refractivity (Wildman–Crippen MR) is 71.1 cm³/mol. The third-order valence-electron chi connectivity index (χ3n) is 3.65. The third kappa shape index (κ3) is 1.86. The summed E-state index contributed by atoms with van der Waals surface area (Å²) in [6, 6.07) is 10.5. The topological polar surface area (TPSA) is 33.2 Å². The minimum atomic E-state index is 0.158. The van der Waals surface area contributed by atoms with Crippen molar-refractivity contribution in [2.24, 2.45) is 0 Å². The van der Waals surface area contributed by atoms with Gasteiger partial charge in [0.05, 0.1) is 11.6 Å². The lowest BCUT2D eigenvalue weighted by molar-refractivity contribution is -0.129. The van der Waals surface area contributed by atoms with Crippen LogP contribution in [0, 0.1) is 0 Å². The van der Waals surface area contributed by atoms with Gasteiger partial charge in [0.2, 0.25) is 5.91 Å². The summed E-state index contributed by atoms with van der Waals surface area (Å²) in [4.78, 5) is 18.0. The van der Waals surface area contributed by atoms with Crippen molar-refractivity contribution in [3.05, 3.63) is 42.1 Å². The smallest absolute Gasteiger partial charge is 0.219 e. The molecule has 1 aromatic carbocycles. The fraction of sp³-hybridized carbons (Fsp3) is 0.333.